The molecule has 0 aliphatic carbocycles. The number of nitrogens with one attached hydrogen (secondary N) is 2. The summed E-state index contributed by atoms with van der Waals surface area (Å²) in [5.41, 5.74) is 3.14. The lowest BCUT2D eigenvalue weighted by molar-refractivity contribution is -0.119. The van der Waals surface area contributed by atoms with Gasteiger partial charge in [-0.1, -0.05) is 0 Å². The van der Waals surface area contributed by atoms with E-state index in [1.54, 1.807) is 17.2 Å². The van der Waals surface area contributed by atoms with Gasteiger partial charge in [-0.15, -0.1) is 0 Å². The number of H-pyrrole nitrogens is 1. The molecular formula is C16H18N6OS. The van der Waals surface area contributed by atoms with Crippen LogP contribution in [0.15, 0.2) is 37.1 Å². The van der Waals surface area contributed by atoms with Gasteiger partial charge < -0.3 is 14.9 Å². The Morgan fingerprint density at radius 3 is 3.00 bits per heavy atom. The minimum atomic E-state index is -0.347. The second-order valence-corrected chi connectivity index (χ2v) is 6.79. The maximum Gasteiger partial charge on any atom is 0.248 e. The summed E-state index contributed by atoms with van der Waals surface area (Å²) in [6.07, 6.45) is 7.75. The Hall–Kier alpha value is -2.48. The zero-order valence-corrected chi connectivity index (χ0v) is 14.1. The van der Waals surface area contributed by atoms with Crippen molar-refractivity contribution in [3.8, 4) is 0 Å². The molecule has 0 aromatic carbocycles. The van der Waals surface area contributed by atoms with E-state index in [0.29, 0.717) is 6.42 Å². The van der Waals surface area contributed by atoms with E-state index in [1.807, 2.05) is 47.9 Å². The Labute approximate surface area is 143 Å². The summed E-state index contributed by atoms with van der Waals surface area (Å²) >= 11 is 1.82. The molecule has 4 rings (SSSR count). The number of amides is 1. The number of imidazole rings is 1. The number of fused-ring (bicyclic) bond motifs is 1. The zero-order valence-electron chi connectivity index (χ0n) is 13.3. The number of hydrogen-bond acceptors (Lipinski definition) is 4. The average Bonchev–Trinajstić information content (AvgIpc) is 3.32. The molecule has 0 radical (unpaired) electrons. The molecular weight excluding hydrogens is 324 g/mol. The van der Waals surface area contributed by atoms with Crippen molar-refractivity contribution in [2.45, 2.75) is 24.0 Å². The summed E-state index contributed by atoms with van der Waals surface area (Å²) < 4.78 is 3.69. The van der Waals surface area contributed by atoms with E-state index >= 15 is 0 Å². The number of thioether (sulfide) groups is 1. The Bertz CT molecular complexity index is 836. The van der Waals surface area contributed by atoms with Crippen LogP contribution in [0.1, 0.15) is 23.0 Å². The molecule has 7 nitrogen and oxygen atoms in total. The standard InChI is InChI=1S/C16H18N6OS/c1-21-15(12-8-24-9-13(12)20-21)19-16(23)14(22-4-2-3-5-22)6-11-7-17-10-18-11/h2-5,7,10,14H,6,8-9H2,1H3,(H,17,18)(H,19,23). The molecule has 3 aromatic heterocycles. The lowest BCUT2D eigenvalue weighted by Crippen LogP contribution is -2.28. The Morgan fingerprint density at radius 1 is 1.42 bits per heavy atom. The van der Waals surface area contributed by atoms with Gasteiger partial charge in [-0.3, -0.25) is 9.48 Å². The van der Waals surface area contributed by atoms with Crippen LogP contribution in [0.2, 0.25) is 0 Å². The molecule has 0 bridgehead atoms. The summed E-state index contributed by atoms with van der Waals surface area (Å²) in [6.45, 7) is 0. The number of carbonyl (C=O) groups is 1. The van der Waals surface area contributed by atoms with Gasteiger partial charge in [-0.05, 0) is 12.1 Å². The van der Waals surface area contributed by atoms with Crippen molar-refractivity contribution in [2.24, 2.45) is 7.05 Å². The van der Waals surface area contributed by atoms with Gasteiger partial charge in [0.05, 0.1) is 12.0 Å². The van der Waals surface area contributed by atoms with Crippen molar-refractivity contribution in [1.29, 1.82) is 0 Å². The number of aromatic amines is 1. The van der Waals surface area contributed by atoms with Crippen LogP contribution in [0.4, 0.5) is 5.82 Å². The summed E-state index contributed by atoms with van der Waals surface area (Å²) in [6, 6.07) is 3.50. The van der Waals surface area contributed by atoms with Crippen LogP contribution < -0.4 is 5.32 Å². The molecule has 4 heterocycles. The van der Waals surface area contributed by atoms with E-state index in [9.17, 15) is 4.79 Å². The maximum atomic E-state index is 13.0. The van der Waals surface area contributed by atoms with Gasteiger partial charge in [0.25, 0.3) is 0 Å². The highest BCUT2D eigenvalue weighted by Crippen LogP contribution is 2.34. The predicted molar refractivity (Wildman–Crippen MR) is 92.6 cm³/mol. The van der Waals surface area contributed by atoms with Gasteiger partial charge in [0, 0.05) is 54.8 Å². The summed E-state index contributed by atoms with van der Waals surface area (Å²) in [4.78, 5) is 20.1. The first-order chi connectivity index (χ1) is 11.7. The maximum absolute atomic E-state index is 13.0. The first-order valence-corrected chi connectivity index (χ1v) is 8.91. The van der Waals surface area contributed by atoms with Crippen LogP contribution in [0.5, 0.6) is 0 Å². The number of carbonyl (C=O) groups excluding carboxylic acids is 1. The number of aromatic nitrogens is 5. The summed E-state index contributed by atoms with van der Waals surface area (Å²) in [7, 11) is 1.87. The van der Waals surface area contributed by atoms with Crippen LogP contribution in [0.25, 0.3) is 0 Å². The molecule has 1 amide bonds. The van der Waals surface area contributed by atoms with E-state index < -0.39 is 0 Å². The van der Waals surface area contributed by atoms with Gasteiger partial charge in [0.15, 0.2) is 0 Å². The molecule has 1 aliphatic heterocycles. The third kappa shape index (κ3) is 2.73. The number of aryl methyl sites for hydroxylation is 1. The van der Waals surface area contributed by atoms with Crippen LogP contribution in [-0.4, -0.2) is 30.2 Å². The second-order valence-electron chi connectivity index (χ2n) is 5.81. The first-order valence-electron chi connectivity index (χ1n) is 7.75. The van der Waals surface area contributed by atoms with Gasteiger partial charge in [0.2, 0.25) is 5.91 Å². The predicted octanol–water partition coefficient (Wildman–Crippen LogP) is 2.11. The Morgan fingerprint density at radius 2 is 2.25 bits per heavy atom. The molecule has 3 aromatic rings. The van der Waals surface area contributed by atoms with Crippen LogP contribution in [0.3, 0.4) is 0 Å². The number of hydrogen-bond donors (Lipinski definition) is 2. The van der Waals surface area contributed by atoms with E-state index in [2.05, 4.69) is 20.4 Å². The van der Waals surface area contributed by atoms with Gasteiger partial charge in [0.1, 0.15) is 11.9 Å². The third-order valence-corrected chi connectivity index (χ3v) is 5.18. The molecule has 1 atom stereocenters. The van der Waals surface area contributed by atoms with Crippen molar-refractivity contribution >= 4 is 23.5 Å². The smallest absolute Gasteiger partial charge is 0.248 e. The van der Waals surface area contributed by atoms with Crippen molar-refractivity contribution in [3.05, 3.63) is 54.0 Å². The molecule has 1 aliphatic rings. The number of rotatable bonds is 5. The van der Waals surface area contributed by atoms with Gasteiger partial charge in [-0.25, -0.2) is 4.98 Å². The van der Waals surface area contributed by atoms with Crippen molar-refractivity contribution in [2.75, 3.05) is 5.32 Å². The zero-order chi connectivity index (χ0) is 16.5. The first kappa shape index (κ1) is 15.1. The highest BCUT2D eigenvalue weighted by molar-refractivity contribution is 7.98. The van der Waals surface area contributed by atoms with E-state index in [4.69, 9.17) is 0 Å². The van der Waals surface area contributed by atoms with Crippen molar-refractivity contribution < 1.29 is 4.79 Å². The van der Waals surface area contributed by atoms with Crippen molar-refractivity contribution in [3.63, 3.8) is 0 Å². The quantitative estimate of drug-likeness (QED) is 0.744. The lowest BCUT2D eigenvalue weighted by Gasteiger charge is -2.18. The molecule has 24 heavy (non-hydrogen) atoms. The Kier molecular flexibility index (Phi) is 3.89. The average molecular weight is 342 g/mol. The molecule has 124 valence electrons. The van der Waals surface area contributed by atoms with E-state index in [-0.39, 0.29) is 11.9 Å². The number of nitrogens with zero attached hydrogens (tertiary/aromatic N) is 4. The van der Waals surface area contributed by atoms with E-state index in [1.165, 1.54) is 0 Å². The summed E-state index contributed by atoms with van der Waals surface area (Å²) in [5.74, 6) is 2.56. The molecule has 0 spiro atoms. The van der Waals surface area contributed by atoms with Crippen LogP contribution in [-0.2, 0) is 29.8 Å². The van der Waals surface area contributed by atoms with Crippen LogP contribution >= 0.6 is 11.8 Å². The van der Waals surface area contributed by atoms with E-state index in [0.717, 1.165) is 34.3 Å². The molecule has 2 N–H and O–H groups in total. The minimum absolute atomic E-state index is 0.0523. The topological polar surface area (TPSA) is 80.5 Å². The fraction of sp³-hybridized carbons (Fsp3) is 0.312. The number of anilines is 1. The molecule has 8 heteroatoms. The fourth-order valence-corrected chi connectivity index (χ4v) is 4.03. The normalized spacial score (nSPS) is 14.5. The molecule has 0 saturated carbocycles. The summed E-state index contributed by atoms with van der Waals surface area (Å²) in [5, 5.41) is 7.58. The Balaban J connectivity index is 1.60. The van der Waals surface area contributed by atoms with Gasteiger partial charge >= 0.3 is 0 Å². The largest absolute Gasteiger partial charge is 0.348 e. The minimum Gasteiger partial charge on any atom is -0.348 e. The highest BCUT2D eigenvalue weighted by Gasteiger charge is 2.26. The highest BCUT2D eigenvalue weighted by atomic mass is 32.2. The van der Waals surface area contributed by atoms with Gasteiger partial charge in [-0.2, -0.15) is 16.9 Å². The second kappa shape index (κ2) is 6.20. The van der Waals surface area contributed by atoms with Crippen molar-refractivity contribution in [1.82, 2.24) is 24.3 Å². The van der Waals surface area contributed by atoms with Crippen LogP contribution in [0, 0.1) is 0 Å². The molecule has 0 fully saturated rings. The lowest BCUT2D eigenvalue weighted by atomic mass is 10.1. The molecule has 0 saturated heterocycles. The fourth-order valence-electron chi connectivity index (χ4n) is 2.99. The molecule has 1 unspecified atom stereocenters. The SMILES string of the molecule is Cn1nc2c(c1NC(=O)C(Cc1cnc[nH]1)n1cccc1)CSC2. The monoisotopic (exact) mass is 342 g/mol. The third-order valence-electron chi connectivity index (χ3n) is 4.21.